The van der Waals surface area contributed by atoms with Gasteiger partial charge in [0.1, 0.15) is 0 Å². The lowest BCUT2D eigenvalue weighted by atomic mass is 10.5. The molecule has 0 saturated carbocycles. The minimum Gasteiger partial charge on any atom is -0.396 e. The Balaban J connectivity index is -0.0000000576. The molecule has 0 spiro atoms. The molecule has 0 aromatic carbocycles. The number of hydrogen-bond acceptors (Lipinski definition) is 5. The molecule has 92 valence electrons. The van der Waals surface area contributed by atoms with Gasteiger partial charge in [-0.3, -0.25) is 10.5 Å². The van der Waals surface area contributed by atoms with Crippen molar-refractivity contribution in [1.29, 1.82) is 0 Å². The van der Waals surface area contributed by atoms with E-state index in [2.05, 4.69) is 17.0 Å². The van der Waals surface area contributed by atoms with Crippen molar-refractivity contribution in [3.05, 3.63) is 0 Å². The van der Waals surface area contributed by atoms with Crippen LogP contribution in [0.5, 0.6) is 0 Å². The molecule has 4 N–H and O–H groups in total. The quantitative estimate of drug-likeness (QED) is 0.314. The first kappa shape index (κ1) is 23.5. The van der Waals surface area contributed by atoms with Crippen molar-refractivity contribution in [1.82, 2.24) is 5.32 Å². The van der Waals surface area contributed by atoms with Crippen molar-refractivity contribution in [2.75, 3.05) is 33.9 Å². The van der Waals surface area contributed by atoms with Crippen LogP contribution in [0.3, 0.4) is 0 Å². The molecular formula is C9H27NO4. The molecule has 0 aromatic heterocycles. The van der Waals surface area contributed by atoms with Crippen LogP contribution in [0.2, 0.25) is 0 Å². The fraction of sp³-hybridized carbons (Fsp3) is 1.00. The number of aliphatic hydroxyl groups excluding tert-OH is 1. The van der Waals surface area contributed by atoms with Gasteiger partial charge in [0, 0.05) is 20.3 Å². The lowest BCUT2D eigenvalue weighted by Gasteiger charge is -1.89. The first-order chi connectivity index (χ1) is 6.33. The van der Waals surface area contributed by atoms with Crippen molar-refractivity contribution in [3.63, 3.8) is 0 Å². The summed E-state index contributed by atoms with van der Waals surface area (Å²) in [7, 11) is 3.58. The third-order valence-electron chi connectivity index (χ3n) is 1.01. The Hall–Kier alpha value is -0.200. The predicted octanol–water partition coefficient (Wildman–Crippen LogP) is 1.28. The number of hydrogen-bond donors (Lipinski definition) is 4. The first-order valence-corrected chi connectivity index (χ1v) is 4.27. The molecule has 0 rings (SSSR count). The maximum atomic E-state index is 8.12. The number of rotatable bonds is 5. The average molecular weight is 213 g/mol. The number of methoxy groups -OCH3 is 1. The van der Waals surface area contributed by atoms with Crippen LogP contribution < -0.4 is 5.32 Å². The van der Waals surface area contributed by atoms with Crippen LogP contribution in [0.4, 0.5) is 0 Å². The van der Waals surface area contributed by atoms with E-state index in [0.29, 0.717) is 6.61 Å². The lowest BCUT2D eigenvalue weighted by Crippen LogP contribution is -2.04. The largest absolute Gasteiger partial charge is 0.396 e. The van der Waals surface area contributed by atoms with Crippen LogP contribution in [0.25, 0.3) is 0 Å². The smallest absolute Gasteiger partial charge is 0.0484 e. The Morgan fingerprint density at radius 2 is 1.79 bits per heavy atom. The normalized spacial score (nSPS) is 7.29. The Bertz CT molecular complexity index is 50.1. The van der Waals surface area contributed by atoms with E-state index < -0.39 is 0 Å². The zero-order chi connectivity index (χ0) is 10.9. The fourth-order valence-corrected chi connectivity index (χ4v) is 0.459. The summed E-state index contributed by atoms with van der Waals surface area (Å²) >= 11 is 0. The second kappa shape index (κ2) is 38.5. The Morgan fingerprint density at radius 3 is 1.86 bits per heavy atom. The van der Waals surface area contributed by atoms with E-state index >= 15 is 0 Å². The Morgan fingerprint density at radius 1 is 1.29 bits per heavy atom. The number of ether oxygens (including phenoxy) is 1. The second-order valence-electron chi connectivity index (χ2n) is 2.17. The monoisotopic (exact) mass is 213 g/mol. The van der Waals surface area contributed by atoms with Crippen LogP contribution in [0, 0.1) is 0 Å². The zero-order valence-corrected chi connectivity index (χ0v) is 8.79. The number of nitrogens with one attached hydrogen (secondary N) is 1. The van der Waals surface area contributed by atoms with Gasteiger partial charge in [-0.15, -0.1) is 0 Å². The van der Waals surface area contributed by atoms with Crippen molar-refractivity contribution in [2.45, 2.75) is 27.2 Å². The predicted molar refractivity (Wildman–Crippen MR) is 59.8 cm³/mol. The highest BCUT2D eigenvalue weighted by molar-refractivity contribution is 4.28. The van der Waals surface area contributed by atoms with Crippen molar-refractivity contribution >= 4 is 0 Å². The molecule has 0 aliphatic heterocycles. The first-order valence-electron chi connectivity index (χ1n) is 4.27. The molecule has 0 radical (unpaired) electrons. The summed E-state index contributed by atoms with van der Waals surface area (Å²) in [5.74, 6) is 0. The molecule has 0 unspecified atom stereocenters. The van der Waals surface area contributed by atoms with E-state index in [0.717, 1.165) is 13.0 Å². The Labute approximate surface area is 87.7 Å². The van der Waals surface area contributed by atoms with Gasteiger partial charge in [-0.25, -0.2) is 0 Å². The summed E-state index contributed by atoms with van der Waals surface area (Å²) in [6.07, 6.45) is 1.98. The molecule has 0 bridgehead atoms. The maximum absolute atomic E-state index is 8.12. The van der Waals surface area contributed by atoms with E-state index in [1.165, 1.54) is 6.42 Å². The van der Waals surface area contributed by atoms with Gasteiger partial charge < -0.3 is 15.2 Å². The van der Waals surface area contributed by atoms with Crippen molar-refractivity contribution in [3.8, 4) is 0 Å². The van der Waals surface area contributed by atoms with Gasteiger partial charge in [-0.2, -0.15) is 0 Å². The molecule has 5 heteroatoms. The molecule has 14 heavy (non-hydrogen) atoms. The molecule has 0 heterocycles. The zero-order valence-electron chi connectivity index (χ0n) is 8.79. The van der Waals surface area contributed by atoms with E-state index in [1.54, 1.807) is 7.11 Å². The van der Waals surface area contributed by atoms with E-state index in [-0.39, 0.29) is 14.0 Å². The summed E-state index contributed by atoms with van der Waals surface area (Å²) in [5.41, 5.74) is 0. The van der Waals surface area contributed by atoms with Gasteiger partial charge in [0.15, 0.2) is 0 Å². The summed E-state index contributed by atoms with van der Waals surface area (Å²) < 4.78 is 4.62. The van der Waals surface area contributed by atoms with Crippen molar-refractivity contribution < 1.29 is 20.4 Å². The van der Waals surface area contributed by atoms with Gasteiger partial charge in [0.05, 0.1) is 0 Å². The average Bonchev–Trinajstić information content (AvgIpc) is 2.20. The topological polar surface area (TPSA) is 82.0 Å². The third-order valence-corrected chi connectivity index (χ3v) is 1.01. The van der Waals surface area contributed by atoms with Crippen LogP contribution >= 0.6 is 0 Å². The maximum Gasteiger partial charge on any atom is 0.0484 e. The molecule has 0 aromatic rings. The van der Waals surface area contributed by atoms with Gasteiger partial charge in [0.2, 0.25) is 0 Å². The van der Waals surface area contributed by atoms with Crippen LogP contribution in [0.15, 0.2) is 0 Å². The summed E-state index contributed by atoms with van der Waals surface area (Å²) in [6, 6.07) is 0. The van der Waals surface area contributed by atoms with Gasteiger partial charge in [0.25, 0.3) is 0 Å². The number of aliphatic hydroxyl groups is 1. The van der Waals surface area contributed by atoms with E-state index in [4.69, 9.17) is 15.6 Å². The standard InChI is InChI=1S/C4H11N.C4H10O2.CH4.H2O2/c1-3-4-5-2;1-6-4-2-3-5;;1-2/h5H,3-4H2,1-2H3;5H,2-4H2,1H3;1H4;1-2H. The van der Waals surface area contributed by atoms with Gasteiger partial charge in [-0.05, 0) is 26.4 Å². The fourth-order valence-electron chi connectivity index (χ4n) is 0.459. The molecule has 0 amide bonds. The minimum atomic E-state index is 0. The van der Waals surface area contributed by atoms with Gasteiger partial charge in [-0.1, -0.05) is 14.4 Å². The highest BCUT2D eigenvalue weighted by atomic mass is 17.0. The lowest BCUT2D eigenvalue weighted by molar-refractivity contribution is -0.176. The summed E-state index contributed by atoms with van der Waals surface area (Å²) in [4.78, 5) is 0. The third kappa shape index (κ3) is 59.7. The molecule has 0 saturated heterocycles. The van der Waals surface area contributed by atoms with Gasteiger partial charge >= 0.3 is 0 Å². The molecule has 0 atom stereocenters. The Kier molecular flexibility index (Phi) is 64.8. The molecule has 0 aliphatic rings. The summed E-state index contributed by atoms with van der Waals surface area (Å²) in [6.45, 7) is 4.18. The van der Waals surface area contributed by atoms with E-state index in [1.807, 2.05) is 7.05 Å². The molecule has 0 aliphatic carbocycles. The molecule has 5 nitrogen and oxygen atoms in total. The highest BCUT2D eigenvalue weighted by Gasteiger charge is 1.75. The van der Waals surface area contributed by atoms with Crippen LogP contribution in [0.1, 0.15) is 27.2 Å². The molecule has 0 fully saturated rings. The molecular weight excluding hydrogens is 186 g/mol. The highest BCUT2D eigenvalue weighted by Crippen LogP contribution is 1.72. The minimum absolute atomic E-state index is 0. The van der Waals surface area contributed by atoms with E-state index in [9.17, 15) is 0 Å². The van der Waals surface area contributed by atoms with Crippen molar-refractivity contribution in [2.24, 2.45) is 0 Å². The second-order valence-corrected chi connectivity index (χ2v) is 2.17. The van der Waals surface area contributed by atoms with Crippen LogP contribution in [-0.2, 0) is 4.74 Å². The van der Waals surface area contributed by atoms with Crippen LogP contribution in [-0.4, -0.2) is 49.5 Å². The SMILES string of the molecule is C.CCCNC.COCCCO.OO. The summed E-state index contributed by atoms with van der Waals surface area (Å²) in [5, 5.41) is 23.1.